The number of esters is 1. The molecule has 0 spiro atoms. The Morgan fingerprint density at radius 2 is 1.49 bits per heavy atom. The van der Waals surface area contributed by atoms with E-state index in [-0.39, 0.29) is 25.4 Å². The lowest BCUT2D eigenvalue weighted by Gasteiger charge is -2.09. The minimum absolute atomic E-state index is 0.0367. The number of ether oxygens (including phenoxy) is 2. The van der Waals surface area contributed by atoms with Crippen molar-refractivity contribution in [2.24, 2.45) is 0 Å². The SMILES string of the molecule is Cc1ccc(NC(=O)COC(=O)CCCC(=O)Nc2ccc(Oc3ccccc3Cl)cc2)cc1C. The fourth-order valence-electron chi connectivity index (χ4n) is 3.11. The van der Waals surface area contributed by atoms with Gasteiger partial charge in [-0.05, 0) is 79.9 Å². The summed E-state index contributed by atoms with van der Waals surface area (Å²) >= 11 is 6.09. The molecule has 35 heavy (non-hydrogen) atoms. The van der Waals surface area contributed by atoms with E-state index in [1.165, 1.54) is 0 Å². The van der Waals surface area contributed by atoms with Crippen LogP contribution < -0.4 is 15.4 Å². The lowest BCUT2D eigenvalue weighted by atomic mass is 10.1. The van der Waals surface area contributed by atoms with Gasteiger partial charge in [-0.25, -0.2) is 0 Å². The number of hydrogen-bond donors (Lipinski definition) is 2. The second kappa shape index (κ2) is 12.6. The van der Waals surface area contributed by atoms with Gasteiger partial charge in [-0.15, -0.1) is 0 Å². The van der Waals surface area contributed by atoms with Crippen molar-refractivity contribution in [2.45, 2.75) is 33.1 Å². The van der Waals surface area contributed by atoms with Crippen molar-refractivity contribution in [1.29, 1.82) is 0 Å². The van der Waals surface area contributed by atoms with E-state index in [1.807, 2.05) is 38.1 Å². The van der Waals surface area contributed by atoms with Crippen LogP contribution in [0.5, 0.6) is 11.5 Å². The number of benzene rings is 3. The van der Waals surface area contributed by atoms with Crippen molar-refractivity contribution in [3.05, 3.63) is 82.9 Å². The third-order valence-electron chi connectivity index (χ3n) is 5.14. The molecule has 0 unspecified atom stereocenters. The minimum Gasteiger partial charge on any atom is -0.456 e. The quantitative estimate of drug-likeness (QED) is 0.335. The van der Waals surface area contributed by atoms with Crippen LogP contribution >= 0.6 is 11.6 Å². The summed E-state index contributed by atoms with van der Waals surface area (Å²) in [6, 6.07) is 19.6. The van der Waals surface area contributed by atoms with E-state index < -0.39 is 11.9 Å². The summed E-state index contributed by atoms with van der Waals surface area (Å²) in [4.78, 5) is 36.0. The number of anilines is 2. The molecule has 0 atom stereocenters. The highest BCUT2D eigenvalue weighted by Crippen LogP contribution is 2.29. The summed E-state index contributed by atoms with van der Waals surface area (Å²) in [6.45, 7) is 3.56. The van der Waals surface area contributed by atoms with Crippen molar-refractivity contribution in [3.8, 4) is 11.5 Å². The number of hydrogen-bond acceptors (Lipinski definition) is 5. The first-order valence-corrected chi connectivity index (χ1v) is 11.5. The Bertz CT molecular complexity index is 1190. The molecule has 182 valence electrons. The molecule has 7 nitrogen and oxygen atoms in total. The normalized spacial score (nSPS) is 10.4. The van der Waals surface area contributed by atoms with E-state index in [0.717, 1.165) is 11.1 Å². The minimum atomic E-state index is -0.533. The van der Waals surface area contributed by atoms with Gasteiger partial charge >= 0.3 is 5.97 Å². The summed E-state index contributed by atoms with van der Waals surface area (Å²) in [7, 11) is 0. The molecule has 3 aromatic rings. The fourth-order valence-corrected chi connectivity index (χ4v) is 3.29. The van der Waals surface area contributed by atoms with Crippen molar-refractivity contribution in [1.82, 2.24) is 0 Å². The molecule has 0 saturated carbocycles. The molecule has 2 N–H and O–H groups in total. The van der Waals surface area contributed by atoms with Crippen LogP contribution in [-0.2, 0) is 19.1 Å². The fraction of sp³-hybridized carbons (Fsp3) is 0.222. The molecule has 0 aliphatic heterocycles. The van der Waals surface area contributed by atoms with Crippen LogP contribution in [0, 0.1) is 13.8 Å². The first kappa shape index (κ1) is 25.8. The maximum Gasteiger partial charge on any atom is 0.306 e. The van der Waals surface area contributed by atoms with E-state index in [1.54, 1.807) is 42.5 Å². The van der Waals surface area contributed by atoms with Gasteiger partial charge in [0.1, 0.15) is 11.5 Å². The Kier molecular flexibility index (Phi) is 9.26. The molecule has 0 heterocycles. The Morgan fingerprint density at radius 3 is 2.20 bits per heavy atom. The highest BCUT2D eigenvalue weighted by atomic mass is 35.5. The molecule has 0 aliphatic rings. The van der Waals surface area contributed by atoms with Gasteiger partial charge in [-0.2, -0.15) is 0 Å². The zero-order chi connectivity index (χ0) is 25.2. The zero-order valence-electron chi connectivity index (χ0n) is 19.6. The molecule has 2 amide bonds. The smallest absolute Gasteiger partial charge is 0.306 e. The molecule has 3 rings (SSSR count). The predicted octanol–water partition coefficient (Wildman–Crippen LogP) is 6.04. The maximum absolute atomic E-state index is 12.2. The molecule has 0 bridgehead atoms. The van der Waals surface area contributed by atoms with Crippen LogP contribution in [0.2, 0.25) is 5.02 Å². The van der Waals surface area contributed by atoms with Gasteiger partial charge in [0.25, 0.3) is 5.91 Å². The molecular weight excluding hydrogens is 468 g/mol. The van der Waals surface area contributed by atoms with Crippen LogP contribution in [0.3, 0.4) is 0 Å². The Labute approximate surface area is 209 Å². The van der Waals surface area contributed by atoms with E-state index in [2.05, 4.69) is 10.6 Å². The summed E-state index contributed by atoms with van der Waals surface area (Å²) in [6.07, 6.45) is 0.480. The van der Waals surface area contributed by atoms with Gasteiger partial charge in [0, 0.05) is 24.2 Å². The number of rotatable bonds is 10. The molecule has 8 heteroatoms. The monoisotopic (exact) mass is 494 g/mol. The first-order valence-electron chi connectivity index (χ1n) is 11.1. The first-order chi connectivity index (χ1) is 16.8. The summed E-state index contributed by atoms with van der Waals surface area (Å²) in [5.74, 6) is -0.0542. The number of amides is 2. The Balaban J connectivity index is 1.33. The highest BCUT2D eigenvalue weighted by molar-refractivity contribution is 6.32. The number of carbonyl (C=O) groups is 3. The molecule has 0 fully saturated rings. The second-order valence-electron chi connectivity index (χ2n) is 7.97. The van der Waals surface area contributed by atoms with Gasteiger partial charge in [0.15, 0.2) is 6.61 Å². The number of halogens is 1. The lowest BCUT2D eigenvalue weighted by Crippen LogP contribution is -2.21. The third kappa shape index (κ3) is 8.46. The van der Waals surface area contributed by atoms with E-state index in [0.29, 0.717) is 34.3 Å². The number of para-hydroxylation sites is 1. The van der Waals surface area contributed by atoms with Crippen molar-refractivity contribution in [3.63, 3.8) is 0 Å². The molecule has 0 radical (unpaired) electrons. The van der Waals surface area contributed by atoms with Crippen LogP contribution in [0.15, 0.2) is 66.7 Å². The van der Waals surface area contributed by atoms with Crippen molar-refractivity contribution < 1.29 is 23.9 Å². The van der Waals surface area contributed by atoms with Crippen molar-refractivity contribution in [2.75, 3.05) is 17.2 Å². The van der Waals surface area contributed by atoms with Crippen LogP contribution in [0.25, 0.3) is 0 Å². The highest BCUT2D eigenvalue weighted by Gasteiger charge is 2.10. The number of carbonyl (C=O) groups excluding carboxylic acids is 3. The van der Waals surface area contributed by atoms with Gasteiger partial charge in [0.05, 0.1) is 5.02 Å². The second-order valence-corrected chi connectivity index (χ2v) is 8.37. The molecular formula is C27H27ClN2O5. The van der Waals surface area contributed by atoms with E-state index >= 15 is 0 Å². The summed E-state index contributed by atoms with van der Waals surface area (Å²) in [5, 5.41) is 5.96. The standard InChI is InChI=1S/C27H27ClN2O5/c1-18-10-11-21(16-19(18)2)30-26(32)17-34-27(33)9-5-8-25(31)29-20-12-14-22(15-13-20)35-24-7-4-3-6-23(24)28/h3-4,6-7,10-16H,5,8-9,17H2,1-2H3,(H,29,31)(H,30,32). The molecule has 0 aliphatic carbocycles. The zero-order valence-corrected chi connectivity index (χ0v) is 20.4. The third-order valence-corrected chi connectivity index (χ3v) is 5.45. The van der Waals surface area contributed by atoms with Crippen molar-refractivity contribution >= 4 is 40.8 Å². The molecule has 0 saturated heterocycles. The topological polar surface area (TPSA) is 93.7 Å². The van der Waals surface area contributed by atoms with Crippen LogP contribution in [-0.4, -0.2) is 24.4 Å². The average Bonchev–Trinajstić information content (AvgIpc) is 2.83. The average molecular weight is 495 g/mol. The van der Waals surface area contributed by atoms with Crippen LogP contribution in [0.4, 0.5) is 11.4 Å². The number of nitrogens with one attached hydrogen (secondary N) is 2. The molecule has 3 aromatic carbocycles. The Morgan fingerprint density at radius 1 is 0.800 bits per heavy atom. The van der Waals surface area contributed by atoms with Gasteiger partial charge in [-0.1, -0.05) is 29.8 Å². The van der Waals surface area contributed by atoms with Gasteiger partial charge in [-0.3, -0.25) is 14.4 Å². The largest absolute Gasteiger partial charge is 0.456 e. The maximum atomic E-state index is 12.2. The Hall–Kier alpha value is -3.84. The van der Waals surface area contributed by atoms with E-state index in [4.69, 9.17) is 21.1 Å². The summed E-state index contributed by atoms with van der Waals surface area (Å²) in [5.41, 5.74) is 3.43. The predicted molar refractivity (Wildman–Crippen MR) is 136 cm³/mol. The van der Waals surface area contributed by atoms with Gasteiger partial charge in [0.2, 0.25) is 5.91 Å². The molecule has 0 aromatic heterocycles. The van der Waals surface area contributed by atoms with Gasteiger partial charge < -0.3 is 20.1 Å². The number of aryl methyl sites for hydroxylation is 2. The van der Waals surface area contributed by atoms with Crippen LogP contribution in [0.1, 0.15) is 30.4 Å². The van der Waals surface area contributed by atoms with E-state index in [9.17, 15) is 14.4 Å². The lowest BCUT2D eigenvalue weighted by molar-refractivity contribution is -0.147. The summed E-state index contributed by atoms with van der Waals surface area (Å²) < 4.78 is 10.7.